The number of allylic oxidation sites excluding steroid dienone is 1. The maximum atomic E-state index is 12.6. The van der Waals surface area contributed by atoms with Crippen molar-refractivity contribution in [1.29, 1.82) is 0 Å². The highest BCUT2D eigenvalue weighted by atomic mass is 16.5. The highest BCUT2D eigenvalue weighted by Crippen LogP contribution is 2.31. The number of aromatic nitrogens is 5. The van der Waals surface area contributed by atoms with Gasteiger partial charge in [0.25, 0.3) is 0 Å². The average Bonchev–Trinajstić information content (AvgIpc) is 3.67. The highest BCUT2D eigenvalue weighted by molar-refractivity contribution is 5.80. The number of piperidine rings is 1. The maximum absolute atomic E-state index is 12.6. The van der Waals surface area contributed by atoms with Crippen molar-refractivity contribution >= 4 is 28.5 Å². The minimum absolute atomic E-state index is 0.0196. The van der Waals surface area contributed by atoms with Crippen LogP contribution in [0, 0.1) is 6.92 Å². The smallest absolute Gasteiger partial charge is 0.327 e. The van der Waals surface area contributed by atoms with Crippen molar-refractivity contribution in [3.8, 4) is 5.75 Å². The van der Waals surface area contributed by atoms with Crippen molar-refractivity contribution in [2.45, 2.75) is 44.8 Å². The Labute approximate surface area is 225 Å². The molecule has 4 N–H and O–H groups in total. The quantitative estimate of drug-likeness (QED) is 0.143. The van der Waals surface area contributed by atoms with Crippen LogP contribution >= 0.6 is 0 Å². The number of H-pyrrole nitrogens is 2. The number of aromatic amines is 2. The second kappa shape index (κ2) is 10.4. The van der Waals surface area contributed by atoms with Gasteiger partial charge in [0.2, 0.25) is 0 Å². The van der Waals surface area contributed by atoms with Crippen molar-refractivity contribution in [2.75, 3.05) is 19.7 Å². The molecule has 2 aliphatic heterocycles. The van der Waals surface area contributed by atoms with E-state index in [1.54, 1.807) is 12.3 Å². The molecule has 5 heterocycles. The number of fused-ring (bicyclic) bond motifs is 2. The second-order valence-electron chi connectivity index (χ2n) is 10.00. The molecular weight excluding hydrogens is 496 g/mol. The molecule has 0 spiro atoms. The molecule has 0 bridgehead atoms. The number of rotatable bonds is 7. The molecule has 0 radical (unpaired) electrons. The van der Waals surface area contributed by atoms with E-state index >= 15 is 0 Å². The van der Waals surface area contributed by atoms with E-state index in [1.165, 1.54) is 6.34 Å². The van der Waals surface area contributed by atoms with Crippen LogP contribution in [0.5, 0.6) is 5.75 Å². The van der Waals surface area contributed by atoms with Gasteiger partial charge in [-0.15, -0.1) is 0 Å². The standard InChI is InChI=1S/C28H32N8O3/c1-17-13-20(15-21-25(17)33-27(32-21)23-6-4-12-38-23)39-18(2)14-24(31-16-29)35-10-7-19(8-11-35)36-22-5-3-9-30-26(22)34-28(36)37/h3,5,9,13-16,19,23H,2,4,6-8,10-12H2,1H3,(H2,29,31)(H,32,33)(H,30,34,37)/b24-14+/t23-/m0/s1. The molecule has 0 aliphatic carbocycles. The van der Waals surface area contributed by atoms with Crippen LogP contribution in [0.3, 0.4) is 0 Å². The summed E-state index contributed by atoms with van der Waals surface area (Å²) in [6.07, 6.45) is 8.33. The molecule has 2 aliphatic rings. The maximum Gasteiger partial charge on any atom is 0.327 e. The summed E-state index contributed by atoms with van der Waals surface area (Å²) >= 11 is 0. The Bertz CT molecular complexity index is 1630. The van der Waals surface area contributed by atoms with Crippen LogP contribution in [0.2, 0.25) is 0 Å². The number of imidazole rings is 2. The molecule has 0 unspecified atom stereocenters. The fourth-order valence-corrected chi connectivity index (χ4v) is 5.57. The molecule has 39 heavy (non-hydrogen) atoms. The lowest BCUT2D eigenvalue weighted by Gasteiger charge is -2.34. The largest absolute Gasteiger partial charge is 0.458 e. The number of nitrogens with one attached hydrogen (secondary N) is 2. The summed E-state index contributed by atoms with van der Waals surface area (Å²) in [4.78, 5) is 34.4. The summed E-state index contributed by atoms with van der Waals surface area (Å²) < 4.78 is 13.7. The fraction of sp³-hybridized carbons (Fsp3) is 0.357. The Morgan fingerprint density at radius 2 is 2.13 bits per heavy atom. The highest BCUT2D eigenvalue weighted by Gasteiger charge is 2.25. The van der Waals surface area contributed by atoms with E-state index in [-0.39, 0.29) is 17.8 Å². The minimum Gasteiger partial charge on any atom is -0.458 e. The van der Waals surface area contributed by atoms with E-state index in [9.17, 15) is 4.79 Å². The summed E-state index contributed by atoms with van der Waals surface area (Å²) in [5.41, 5.74) is 9.80. The zero-order chi connectivity index (χ0) is 26.9. The molecule has 11 nitrogen and oxygen atoms in total. The van der Waals surface area contributed by atoms with Gasteiger partial charge >= 0.3 is 5.69 Å². The second-order valence-corrected chi connectivity index (χ2v) is 10.00. The number of hydrogen-bond acceptors (Lipinski definition) is 7. The van der Waals surface area contributed by atoms with E-state index in [0.717, 1.165) is 60.2 Å². The van der Waals surface area contributed by atoms with E-state index in [2.05, 4.69) is 31.4 Å². The van der Waals surface area contributed by atoms with Crippen molar-refractivity contribution in [1.82, 2.24) is 29.4 Å². The number of nitrogens with zero attached hydrogens (tertiary/aromatic N) is 5. The summed E-state index contributed by atoms with van der Waals surface area (Å²) in [6, 6.07) is 7.71. The number of hydrogen-bond donors (Lipinski definition) is 3. The van der Waals surface area contributed by atoms with Gasteiger partial charge in [-0.25, -0.2) is 19.8 Å². The van der Waals surface area contributed by atoms with E-state index in [0.29, 0.717) is 36.1 Å². The molecule has 0 amide bonds. The first-order valence-electron chi connectivity index (χ1n) is 13.2. The predicted octanol–water partition coefficient (Wildman–Crippen LogP) is 3.82. The fourth-order valence-electron chi connectivity index (χ4n) is 5.57. The third kappa shape index (κ3) is 4.92. The monoisotopic (exact) mass is 528 g/mol. The number of nitrogens with two attached hydrogens (primary N) is 1. The van der Waals surface area contributed by atoms with E-state index in [4.69, 9.17) is 20.2 Å². The molecule has 6 rings (SSSR count). The van der Waals surface area contributed by atoms with Crippen molar-refractivity contribution in [3.05, 3.63) is 76.6 Å². The van der Waals surface area contributed by atoms with Crippen LogP contribution in [0.25, 0.3) is 22.2 Å². The molecule has 1 aromatic carbocycles. The van der Waals surface area contributed by atoms with E-state index in [1.807, 2.05) is 35.8 Å². The van der Waals surface area contributed by atoms with Gasteiger partial charge in [-0.3, -0.25) is 9.55 Å². The first kappa shape index (κ1) is 24.9. The molecule has 1 atom stereocenters. The Kier molecular flexibility index (Phi) is 6.65. The van der Waals surface area contributed by atoms with Crippen molar-refractivity contribution in [3.63, 3.8) is 0 Å². The number of benzene rings is 1. The average molecular weight is 529 g/mol. The number of aryl methyl sites for hydroxylation is 1. The van der Waals surface area contributed by atoms with Crippen LogP contribution in [-0.4, -0.2) is 55.4 Å². The van der Waals surface area contributed by atoms with Crippen LogP contribution in [0.4, 0.5) is 0 Å². The lowest BCUT2D eigenvalue weighted by molar-refractivity contribution is 0.106. The number of likely N-dealkylation sites (tertiary alicyclic amines) is 1. The van der Waals surface area contributed by atoms with Gasteiger partial charge in [0, 0.05) is 44.1 Å². The molecule has 3 aromatic heterocycles. The SMILES string of the molecule is C=C(/C=C(\N=C/N)N1CCC(n2c(=O)[nH]c3ncccc32)CC1)Oc1cc(C)c2nc([C@@H]3CCCO3)[nH]c2c1. The third-order valence-corrected chi connectivity index (χ3v) is 7.39. The Balaban J connectivity index is 1.16. The molecule has 0 saturated carbocycles. The van der Waals surface area contributed by atoms with Gasteiger partial charge < -0.3 is 25.1 Å². The van der Waals surface area contributed by atoms with Gasteiger partial charge in [-0.05, 0) is 56.4 Å². The molecule has 11 heteroatoms. The Morgan fingerprint density at radius 3 is 2.90 bits per heavy atom. The lowest BCUT2D eigenvalue weighted by Crippen LogP contribution is -2.36. The first-order valence-corrected chi connectivity index (χ1v) is 13.2. The number of pyridine rings is 1. The lowest BCUT2D eigenvalue weighted by atomic mass is 10.0. The molecular formula is C28H32N8O3. The minimum atomic E-state index is -0.132. The summed E-state index contributed by atoms with van der Waals surface area (Å²) in [5, 5.41) is 0. The van der Waals surface area contributed by atoms with Crippen molar-refractivity contribution < 1.29 is 9.47 Å². The zero-order valence-corrected chi connectivity index (χ0v) is 21.9. The van der Waals surface area contributed by atoms with Crippen LogP contribution in [0.15, 0.2) is 64.5 Å². The van der Waals surface area contributed by atoms with Gasteiger partial charge in [0.15, 0.2) is 5.65 Å². The first-order chi connectivity index (χ1) is 19.0. The molecule has 4 aromatic rings. The molecule has 202 valence electrons. The van der Waals surface area contributed by atoms with Crippen LogP contribution in [-0.2, 0) is 4.74 Å². The Morgan fingerprint density at radius 1 is 1.28 bits per heavy atom. The van der Waals surface area contributed by atoms with Gasteiger partial charge in [0.05, 0.1) is 22.9 Å². The molecule has 2 fully saturated rings. The predicted molar refractivity (Wildman–Crippen MR) is 149 cm³/mol. The summed E-state index contributed by atoms with van der Waals surface area (Å²) in [6.45, 7) is 8.28. The topological polar surface area (TPSA) is 139 Å². The van der Waals surface area contributed by atoms with Gasteiger partial charge in [0.1, 0.15) is 29.3 Å². The normalized spacial score (nSPS) is 19.1. The number of aliphatic imine (C=N–C) groups is 1. The van der Waals surface area contributed by atoms with Crippen LogP contribution in [0.1, 0.15) is 49.2 Å². The van der Waals surface area contributed by atoms with Crippen LogP contribution < -0.4 is 16.2 Å². The van der Waals surface area contributed by atoms with Crippen molar-refractivity contribution in [2.24, 2.45) is 10.7 Å². The van der Waals surface area contributed by atoms with Gasteiger partial charge in [-0.1, -0.05) is 6.58 Å². The van der Waals surface area contributed by atoms with E-state index < -0.39 is 0 Å². The number of ether oxygens (including phenoxy) is 2. The summed E-state index contributed by atoms with van der Waals surface area (Å²) in [5.74, 6) is 2.62. The summed E-state index contributed by atoms with van der Waals surface area (Å²) in [7, 11) is 0. The molecule has 2 saturated heterocycles. The Hall–Kier alpha value is -4.38. The zero-order valence-electron chi connectivity index (χ0n) is 21.9. The van der Waals surface area contributed by atoms with Gasteiger partial charge in [-0.2, -0.15) is 0 Å². The third-order valence-electron chi connectivity index (χ3n) is 7.39.